The predicted octanol–water partition coefficient (Wildman–Crippen LogP) is 3.19. The standard InChI is InChI=1S/C19H16N4O/c1-14(15-8-4-2-5-9-15)22-13-20-18-17(19(22)24)12-21-23(18)16-10-6-3-7-11-16/h2-14H,1H3/t14-/m1/s1. The summed E-state index contributed by atoms with van der Waals surface area (Å²) in [6.07, 6.45) is 3.19. The number of aromatic nitrogens is 4. The van der Waals surface area contributed by atoms with Gasteiger partial charge in [-0.2, -0.15) is 5.10 Å². The van der Waals surface area contributed by atoms with Gasteiger partial charge in [0.1, 0.15) is 11.7 Å². The summed E-state index contributed by atoms with van der Waals surface area (Å²) in [7, 11) is 0. The fraction of sp³-hybridized carbons (Fsp3) is 0.105. The molecular formula is C19H16N4O. The Bertz CT molecular complexity index is 1040. The third-order valence-corrected chi connectivity index (χ3v) is 4.21. The van der Waals surface area contributed by atoms with Crippen LogP contribution in [0.4, 0.5) is 0 Å². The zero-order chi connectivity index (χ0) is 16.5. The van der Waals surface area contributed by atoms with E-state index >= 15 is 0 Å². The maximum Gasteiger partial charge on any atom is 0.265 e. The number of fused-ring (bicyclic) bond motifs is 1. The van der Waals surface area contributed by atoms with Gasteiger partial charge in [0, 0.05) is 0 Å². The predicted molar refractivity (Wildman–Crippen MR) is 93.4 cm³/mol. The smallest absolute Gasteiger partial charge is 0.265 e. The van der Waals surface area contributed by atoms with Crippen LogP contribution in [0.3, 0.4) is 0 Å². The molecule has 5 heteroatoms. The number of hydrogen-bond acceptors (Lipinski definition) is 3. The van der Waals surface area contributed by atoms with Crippen LogP contribution in [0.25, 0.3) is 16.7 Å². The minimum atomic E-state index is -0.0873. The van der Waals surface area contributed by atoms with Crippen molar-refractivity contribution in [2.45, 2.75) is 13.0 Å². The van der Waals surface area contributed by atoms with E-state index in [0.29, 0.717) is 11.0 Å². The third kappa shape index (κ3) is 2.31. The van der Waals surface area contributed by atoms with Crippen LogP contribution in [0.2, 0.25) is 0 Å². The molecule has 0 fully saturated rings. The zero-order valence-electron chi connectivity index (χ0n) is 13.2. The molecule has 2 aromatic carbocycles. The van der Waals surface area contributed by atoms with Crippen molar-refractivity contribution < 1.29 is 0 Å². The fourth-order valence-electron chi connectivity index (χ4n) is 2.85. The summed E-state index contributed by atoms with van der Waals surface area (Å²) in [5, 5.41) is 4.86. The van der Waals surface area contributed by atoms with Crippen molar-refractivity contribution in [1.82, 2.24) is 19.3 Å². The molecule has 0 N–H and O–H groups in total. The Morgan fingerprint density at radius 3 is 2.33 bits per heavy atom. The molecule has 5 nitrogen and oxygen atoms in total. The monoisotopic (exact) mass is 316 g/mol. The number of rotatable bonds is 3. The first kappa shape index (κ1) is 14.4. The molecule has 0 aliphatic rings. The molecule has 1 atom stereocenters. The molecule has 2 heterocycles. The lowest BCUT2D eigenvalue weighted by molar-refractivity contribution is 0.608. The lowest BCUT2D eigenvalue weighted by atomic mass is 10.1. The van der Waals surface area contributed by atoms with E-state index in [0.717, 1.165) is 11.3 Å². The van der Waals surface area contributed by atoms with Gasteiger partial charge in [0.25, 0.3) is 5.56 Å². The van der Waals surface area contributed by atoms with Crippen LogP contribution in [0.15, 0.2) is 78.0 Å². The summed E-state index contributed by atoms with van der Waals surface area (Å²) >= 11 is 0. The molecule has 0 saturated carbocycles. The van der Waals surface area contributed by atoms with E-state index in [1.807, 2.05) is 67.6 Å². The first-order valence-electron chi connectivity index (χ1n) is 7.81. The van der Waals surface area contributed by atoms with Gasteiger partial charge in [0.05, 0.1) is 17.9 Å². The average molecular weight is 316 g/mol. The number of nitrogens with zero attached hydrogens (tertiary/aromatic N) is 4. The van der Waals surface area contributed by atoms with Crippen molar-refractivity contribution >= 4 is 11.0 Å². The molecule has 0 bridgehead atoms. The van der Waals surface area contributed by atoms with E-state index in [1.54, 1.807) is 21.8 Å². The quantitative estimate of drug-likeness (QED) is 0.583. The second-order valence-corrected chi connectivity index (χ2v) is 5.67. The molecular weight excluding hydrogens is 300 g/mol. The molecule has 0 radical (unpaired) electrons. The van der Waals surface area contributed by atoms with Crippen LogP contribution in [0, 0.1) is 0 Å². The van der Waals surface area contributed by atoms with Gasteiger partial charge in [0.2, 0.25) is 0 Å². The van der Waals surface area contributed by atoms with Crippen LogP contribution in [0.5, 0.6) is 0 Å². The van der Waals surface area contributed by atoms with Crippen molar-refractivity contribution in [2.24, 2.45) is 0 Å². The highest BCUT2D eigenvalue weighted by Crippen LogP contribution is 2.18. The van der Waals surface area contributed by atoms with E-state index in [2.05, 4.69) is 10.1 Å². The fourth-order valence-corrected chi connectivity index (χ4v) is 2.85. The van der Waals surface area contributed by atoms with Crippen molar-refractivity contribution in [2.75, 3.05) is 0 Å². The van der Waals surface area contributed by atoms with Crippen LogP contribution in [-0.2, 0) is 0 Å². The summed E-state index contributed by atoms with van der Waals surface area (Å²) < 4.78 is 3.34. The summed E-state index contributed by atoms with van der Waals surface area (Å²) in [4.78, 5) is 17.3. The molecule has 0 saturated heterocycles. The molecule has 24 heavy (non-hydrogen) atoms. The highest BCUT2D eigenvalue weighted by atomic mass is 16.1. The van der Waals surface area contributed by atoms with Crippen molar-refractivity contribution in [3.63, 3.8) is 0 Å². The van der Waals surface area contributed by atoms with Gasteiger partial charge in [-0.25, -0.2) is 9.67 Å². The molecule has 0 amide bonds. The van der Waals surface area contributed by atoms with Gasteiger partial charge in [-0.15, -0.1) is 0 Å². The molecule has 0 spiro atoms. The number of para-hydroxylation sites is 1. The van der Waals surface area contributed by atoms with Crippen LogP contribution < -0.4 is 5.56 Å². The first-order chi connectivity index (χ1) is 11.8. The summed E-state index contributed by atoms with van der Waals surface area (Å²) in [5.41, 5.74) is 2.44. The Kier molecular flexibility index (Phi) is 3.46. The number of benzene rings is 2. The maximum absolute atomic E-state index is 12.9. The second-order valence-electron chi connectivity index (χ2n) is 5.67. The molecule has 2 aromatic heterocycles. The Hall–Kier alpha value is -3.21. The molecule has 0 aliphatic carbocycles. The topological polar surface area (TPSA) is 52.7 Å². The van der Waals surface area contributed by atoms with Crippen molar-refractivity contribution in [3.05, 3.63) is 89.1 Å². The van der Waals surface area contributed by atoms with Gasteiger partial charge >= 0.3 is 0 Å². The summed E-state index contributed by atoms with van der Waals surface area (Å²) in [6, 6.07) is 19.5. The lowest BCUT2D eigenvalue weighted by Crippen LogP contribution is -2.24. The van der Waals surface area contributed by atoms with Crippen LogP contribution >= 0.6 is 0 Å². The van der Waals surface area contributed by atoms with E-state index in [1.165, 1.54) is 0 Å². The Labute approximate surface area is 138 Å². The number of hydrogen-bond donors (Lipinski definition) is 0. The average Bonchev–Trinajstić information content (AvgIpc) is 3.08. The van der Waals surface area contributed by atoms with Gasteiger partial charge in [-0.1, -0.05) is 48.5 Å². The van der Waals surface area contributed by atoms with E-state index in [-0.39, 0.29) is 11.6 Å². The van der Waals surface area contributed by atoms with Gasteiger partial charge in [-0.3, -0.25) is 9.36 Å². The molecule has 4 aromatic rings. The normalized spacial score (nSPS) is 12.4. The highest BCUT2D eigenvalue weighted by Gasteiger charge is 2.15. The van der Waals surface area contributed by atoms with E-state index in [9.17, 15) is 4.79 Å². The zero-order valence-corrected chi connectivity index (χ0v) is 13.2. The van der Waals surface area contributed by atoms with Gasteiger partial charge < -0.3 is 0 Å². The second kappa shape index (κ2) is 5.77. The molecule has 0 unspecified atom stereocenters. The minimum absolute atomic E-state index is 0.0847. The third-order valence-electron chi connectivity index (χ3n) is 4.21. The van der Waals surface area contributed by atoms with Gasteiger partial charge in [-0.05, 0) is 24.6 Å². The van der Waals surface area contributed by atoms with Crippen molar-refractivity contribution in [1.29, 1.82) is 0 Å². The van der Waals surface area contributed by atoms with Crippen LogP contribution in [0.1, 0.15) is 18.5 Å². The summed E-state index contributed by atoms with van der Waals surface area (Å²) in [5.74, 6) is 0. The van der Waals surface area contributed by atoms with Crippen LogP contribution in [-0.4, -0.2) is 19.3 Å². The maximum atomic E-state index is 12.9. The SMILES string of the molecule is C[C@H](c1ccccc1)n1cnc2c(cnn2-c2ccccc2)c1=O. The largest absolute Gasteiger partial charge is 0.291 e. The van der Waals surface area contributed by atoms with E-state index < -0.39 is 0 Å². The van der Waals surface area contributed by atoms with Crippen molar-refractivity contribution in [3.8, 4) is 5.69 Å². The summed E-state index contributed by atoms with van der Waals surface area (Å²) in [6.45, 7) is 1.99. The highest BCUT2D eigenvalue weighted by molar-refractivity contribution is 5.74. The van der Waals surface area contributed by atoms with E-state index in [4.69, 9.17) is 0 Å². The Morgan fingerprint density at radius 2 is 1.62 bits per heavy atom. The Balaban J connectivity index is 1.84. The first-order valence-corrected chi connectivity index (χ1v) is 7.81. The molecule has 0 aliphatic heterocycles. The Morgan fingerprint density at radius 1 is 0.958 bits per heavy atom. The molecule has 118 valence electrons. The minimum Gasteiger partial charge on any atom is -0.291 e. The van der Waals surface area contributed by atoms with Gasteiger partial charge in [0.15, 0.2) is 5.65 Å². The molecule has 4 rings (SSSR count). The lowest BCUT2D eigenvalue weighted by Gasteiger charge is -2.15.